The molecule has 1 fully saturated rings. The molecule has 0 aromatic carbocycles. The fourth-order valence-corrected chi connectivity index (χ4v) is 3.74. The number of rotatable bonds is 4. The van der Waals surface area contributed by atoms with E-state index in [9.17, 15) is 4.79 Å². The maximum atomic E-state index is 12.2. The van der Waals surface area contributed by atoms with Crippen LogP contribution in [0.1, 0.15) is 47.2 Å². The molecule has 1 unspecified atom stereocenters. The van der Waals surface area contributed by atoms with Crippen LogP contribution < -0.4 is 0 Å². The second-order valence-electron chi connectivity index (χ2n) is 6.90. The molecule has 0 bridgehead atoms. The van der Waals surface area contributed by atoms with Crippen LogP contribution in [0.4, 0.5) is 0 Å². The number of furan rings is 1. The van der Waals surface area contributed by atoms with E-state index in [4.69, 9.17) is 23.7 Å². The molecule has 2 aliphatic rings. The summed E-state index contributed by atoms with van der Waals surface area (Å²) >= 11 is 0. The number of nitrogens with zero attached hydrogens (tertiary/aromatic N) is 2. The fraction of sp³-hybridized carbons (Fsp3) is 0.579. The van der Waals surface area contributed by atoms with Gasteiger partial charge in [-0.1, -0.05) is 6.92 Å². The first-order valence-electron chi connectivity index (χ1n) is 9.15. The zero-order valence-electron chi connectivity index (χ0n) is 15.4. The Balaban J connectivity index is 1.68. The van der Waals surface area contributed by atoms with E-state index in [1.54, 1.807) is 6.92 Å². The van der Waals surface area contributed by atoms with Gasteiger partial charge in [0.2, 0.25) is 5.76 Å². The molecule has 1 aliphatic carbocycles. The summed E-state index contributed by atoms with van der Waals surface area (Å²) in [6.07, 6.45) is 2.84. The molecule has 2 aromatic heterocycles. The third-order valence-corrected chi connectivity index (χ3v) is 5.01. The second kappa shape index (κ2) is 6.89. The topological polar surface area (TPSA) is 75.7 Å². The lowest BCUT2D eigenvalue weighted by molar-refractivity contribution is -0.0946. The summed E-state index contributed by atoms with van der Waals surface area (Å²) in [7, 11) is 0. The first-order valence-corrected chi connectivity index (χ1v) is 9.15. The van der Waals surface area contributed by atoms with Crippen molar-refractivity contribution in [3.63, 3.8) is 0 Å². The number of carbonyl (C=O) groups excluding carboxylic acids is 1. The molecule has 0 N–H and O–H groups in total. The summed E-state index contributed by atoms with van der Waals surface area (Å²) in [4.78, 5) is 12.2. The van der Waals surface area contributed by atoms with Gasteiger partial charge in [-0.25, -0.2) is 4.79 Å². The van der Waals surface area contributed by atoms with Crippen LogP contribution in [0.5, 0.6) is 0 Å². The Bertz CT molecular complexity index is 816. The lowest BCUT2D eigenvalue weighted by atomic mass is 9.86. The minimum atomic E-state index is -0.416. The Labute approximate surface area is 152 Å². The van der Waals surface area contributed by atoms with E-state index in [2.05, 4.69) is 13.1 Å². The smallest absolute Gasteiger partial charge is 0.374 e. The molecule has 4 rings (SSSR count). The summed E-state index contributed by atoms with van der Waals surface area (Å²) in [5, 5.41) is 4.79. The van der Waals surface area contributed by atoms with E-state index in [1.807, 2.05) is 11.6 Å². The molecule has 0 saturated carbocycles. The normalized spacial score (nSPS) is 22.0. The molecule has 0 radical (unpaired) electrons. The number of hydrogen-bond donors (Lipinski definition) is 0. The maximum absolute atomic E-state index is 12.2. The van der Waals surface area contributed by atoms with Crippen molar-refractivity contribution in [3.05, 3.63) is 28.8 Å². The van der Waals surface area contributed by atoms with Crippen LogP contribution in [0.3, 0.4) is 0 Å². The molecule has 2 atom stereocenters. The van der Waals surface area contributed by atoms with Gasteiger partial charge >= 0.3 is 5.97 Å². The Kier molecular flexibility index (Phi) is 4.58. The number of fused-ring (bicyclic) bond motifs is 3. The van der Waals surface area contributed by atoms with Gasteiger partial charge in [-0.15, -0.1) is 0 Å². The van der Waals surface area contributed by atoms with Gasteiger partial charge in [-0.3, -0.25) is 4.68 Å². The minimum Gasteiger partial charge on any atom is -0.460 e. The highest BCUT2D eigenvalue weighted by molar-refractivity contribution is 5.91. The van der Waals surface area contributed by atoms with Gasteiger partial charge in [0.1, 0.15) is 11.9 Å². The Hall–Kier alpha value is -2.12. The summed E-state index contributed by atoms with van der Waals surface area (Å²) < 4.78 is 24.1. The largest absolute Gasteiger partial charge is 0.460 e. The van der Waals surface area contributed by atoms with Crippen molar-refractivity contribution in [2.45, 2.75) is 45.8 Å². The van der Waals surface area contributed by atoms with Gasteiger partial charge in [0.25, 0.3) is 0 Å². The molecule has 3 heterocycles. The zero-order chi connectivity index (χ0) is 18.3. The van der Waals surface area contributed by atoms with Crippen molar-refractivity contribution in [1.82, 2.24) is 9.78 Å². The first kappa shape index (κ1) is 17.3. The van der Waals surface area contributed by atoms with Crippen LogP contribution in [0.25, 0.3) is 11.3 Å². The molecule has 140 valence electrons. The molecule has 0 spiro atoms. The molecular formula is C19H24N2O5. The van der Waals surface area contributed by atoms with Gasteiger partial charge in [-0.05, 0) is 19.8 Å². The van der Waals surface area contributed by atoms with E-state index in [0.717, 1.165) is 29.0 Å². The Morgan fingerprint density at radius 2 is 2.27 bits per heavy atom. The number of carbonyl (C=O) groups is 1. The van der Waals surface area contributed by atoms with E-state index in [-0.39, 0.29) is 17.8 Å². The summed E-state index contributed by atoms with van der Waals surface area (Å²) in [6, 6.07) is 0. The van der Waals surface area contributed by atoms with E-state index >= 15 is 0 Å². The molecule has 2 aromatic rings. The Morgan fingerprint density at radius 3 is 3.00 bits per heavy atom. The molecule has 0 amide bonds. The number of esters is 1. The zero-order valence-corrected chi connectivity index (χ0v) is 15.4. The first-order chi connectivity index (χ1) is 12.6. The van der Waals surface area contributed by atoms with Crippen molar-refractivity contribution in [2.75, 3.05) is 26.4 Å². The third kappa shape index (κ3) is 2.95. The van der Waals surface area contributed by atoms with Crippen LogP contribution in [0.15, 0.2) is 10.6 Å². The monoisotopic (exact) mass is 360 g/mol. The van der Waals surface area contributed by atoms with Crippen LogP contribution in [-0.2, 0) is 27.2 Å². The number of aromatic nitrogens is 2. The predicted octanol–water partition coefficient (Wildman–Crippen LogP) is 2.70. The highest BCUT2D eigenvalue weighted by Gasteiger charge is 2.33. The van der Waals surface area contributed by atoms with Crippen molar-refractivity contribution in [2.24, 2.45) is 0 Å². The molecule has 1 saturated heterocycles. The van der Waals surface area contributed by atoms with Gasteiger partial charge in [0.15, 0.2) is 0 Å². The van der Waals surface area contributed by atoms with Gasteiger partial charge in [-0.2, -0.15) is 5.10 Å². The van der Waals surface area contributed by atoms with Crippen LogP contribution in [-0.4, -0.2) is 48.3 Å². The fourth-order valence-electron chi connectivity index (χ4n) is 3.74. The predicted molar refractivity (Wildman–Crippen MR) is 93.3 cm³/mol. The van der Waals surface area contributed by atoms with Gasteiger partial charge in [0.05, 0.1) is 38.7 Å². The number of hydrogen-bond acceptors (Lipinski definition) is 6. The summed E-state index contributed by atoms with van der Waals surface area (Å²) in [5.74, 6) is 0.958. The molecule has 7 nitrogen and oxygen atoms in total. The quantitative estimate of drug-likeness (QED) is 0.781. The Morgan fingerprint density at radius 1 is 1.42 bits per heavy atom. The average Bonchev–Trinajstić information content (AvgIpc) is 3.17. The molecule has 26 heavy (non-hydrogen) atoms. The lowest BCUT2D eigenvalue weighted by Crippen LogP contribution is -2.32. The SMILES string of the molecule is CCOC(=O)c1oc2c(c1C)-c1nn(C[C@H]3COCCO3)cc1C(C)C2. The van der Waals surface area contributed by atoms with Crippen LogP contribution >= 0.6 is 0 Å². The minimum absolute atomic E-state index is 0.0143. The highest BCUT2D eigenvalue weighted by atomic mass is 16.6. The standard InChI is InChI=1S/C19H24N2O5/c1-4-24-19(22)18-12(3)16-15(26-18)7-11(2)14-9-21(20-17(14)16)8-13-10-23-5-6-25-13/h9,11,13H,4-8,10H2,1-3H3/t11?,13-/m0/s1. The lowest BCUT2D eigenvalue weighted by Gasteiger charge is -2.22. The number of ether oxygens (including phenoxy) is 3. The van der Waals surface area contributed by atoms with Gasteiger partial charge < -0.3 is 18.6 Å². The maximum Gasteiger partial charge on any atom is 0.374 e. The molecular weight excluding hydrogens is 336 g/mol. The van der Waals surface area contributed by atoms with E-state index in [1.165, 1.54) is 5.56 Å². The second-order valence-corrected chi connectivity index (χ2v) is 6.90. The molecule has 7 heteroatoms. The van der Waals surface area contributed by atoms with Gasteiger partial charge in [0, 0.05) is 29.3 Å². The highest BCUT2D eigenvalue weighted by Crippen LogP contribution is 2.43. The summed E-state index contributed by atoms with van der Waals surface area (Å²) in [6.45, 7) is 8.66. The van der Waals surface area contributed by atoms with Crippen LogP contribution in [0, 0.1) is 6.92 Å². The molecule has 1 aliphatic heterocycles. The summed E-state index contributed by atoms with van der Waals surface area (Å²) in [5.41, 5.74) is 3.80. The third-order valence-electron chi connectivity index (χ3n) is 5.01. The van der Waals surface area contributed by atoms with Crippen molar-refractivity contribution in [3.8, 4) is 11.3 Å². The van der Waals surface area contributed by atoms with Crippen LogP contribution in [0.2, 0.25) is 0 Å². The van der Waals surface area contributed by atoms with Crippen molar-refractivity contribution in [1.29, 1.82) is 0 Å². The van der Waals surface area contributed by atoms with Crippen molar-refractivity contribution < 1.29 is 23.4 Å². The van der Waals surface area contributed by atoms with Crippen molar-refractivity contribution >= 4 is 5.97 Å². The van der Waals surface area contributed by atoms with E-state index in [0.29, 0.717) is 33.0 Å². The average molecular weight is 360 g/mol. The van der Waals surface area contributed by atoms with E-state index < -0.39 is 5.97 Å².